The van der Waals surface area contributed by atoms with E-state index in [-0.39, 0.29) is 11.4 Å². The monoisotopic (exact) mass is 227 g/mol. The third-order valence-corrected chi connectivity index (χ3v) is 3.52. The van der Waals surface area contributed by atoms with Crippen LogP contribution in [0.1, 0.15) is 33.6 Å². The number of carbonyl (C=O) groups excluding carboxylic acids is 1. The Labute approximate surface area is 98.8 Å². The van der Waals surface area contributed by atoms with Crippen LogP contribution in [-0.2, 0) is 4.79 Å². The molecule has 0 aromatic rings. The van der Waals surface area contributed by atoms with Crippen molar-refractivity contribution in [2.45, 2.75) is 39.2 Å². The smallest absolute Gasteiger partial charge is 0.236 e. The summed E-state index contributed by atoms with van der Waals surface area (Å²) >= 11 is 0. The summed E-state index contributed by atoms with van der Waals surface area (Å²) in [7, 11) is 0. The zero-order valence-electron chi connectivity index (χ0n) is 10.8. The van der Waals surface area contributed by atoms with Gasteiger partial charge in [-0.1, -0.05) is 6.92 Å². The van der Waals surface area contributed by atoms with Gasteiger partial charge in [0.15, 0.2) is 0 Å². The van der Waals surface area contributed by atoms with E-state index in [2.05, 4.69) is 25.7 Å². The first-order chi connectivity index (χ1) is 7.51. The third-order valence-electron chi connectivity index (χ3n) is 3.52. The van der Waals surface area contributed by atoms with E-state index in [0.29, 0.717) is 13.1 Å². The first-order valence-corrected chi connectivity index (χ1v) is 6.24. The molecule has 1 heterocycles. The van der Waals surface area contributed by atoms with Gasteiger partial charge in [0.25, 0.3) is 0 Å². The van der Waals surface area contributed by atoms with Gasteiger partial charge in [0, 0.05) is 25.2 Å². The van der Waals surface area contributed by atoms with Crippen molar-refractivity contribution in [2.75, 3.05) is 32.7 Å². The zero-order valence-corrected chi connectivity index (χ0v) is 10.8. The predicted octanol–water partition coefficient (Wildman–Crippen LogP) is 0.668. The van der Waals surface area contributed by atoms with E-state index in [1.54, 1.807) is 0 Å². The summed E-state index contributed by atoms with van der Waals surface area (Å²) in [6.45, 7) is 10.1. The van der Waals surface area contributed by atoms with E-state index in [1.807, 2.05) is 4.90 Å². The van der Waals surface area contributed by atoms with Crippen LogP contribution in [0.5, 0.6) is 0 Å². The van der Waals surface area contributed by atoms with Crippen LogP contribution in [0.15, 0.2) is 0 Å². The molecule has 0 radical (unpaired) electrons. The van der Waals surface area contributed by atoms with Crippen molar-refractivity contribution in [3.8, 4) is 0 Å². The average Bonchev–Trinajstić information content (AvgIpc) is 2.78. The van der Waals surface area contributed by atoms with Gasteiger partial charge >= 0.3 is 0 Å². The van der Waals surface area contributed by atoms with Crippen LogP contribution in [0.25, 0.3) is 0 Å². The standard InChI is InChI=1S/C12H25N3O/c1-4-15(12(2,3)10-13)9-11(16)14-7-5-6-8-14/h4-10,13H2,1-3H3. The molecule has 0 unspecified atom stereocenters. The normalized spacial score (nSPS) is 17.2. The predicted molar refractivity (Wildman–Crippen MR) is 66.2 cm³/mol. The third kappa shape index (κ3) is 3.19. The zero-order chi connectivity index (χ0) is 12.2. The molecule has 0 aliphatic carbocycles. The van der Waals surface area contributed by atoms with Gasteiger partial charge in [0.05, 0.1) is 6.54 Å². The fourth-order valence-corrected chi connectivity index (χ4v) is 2.11. The van der Waals surface area contributed by atoms with Crippen molar-refractivity contribution in [1.29, 1.82) is 0 Å². The summed E-state index contributed by atoms with van der Waals surface area (Å²) in [5.41, 5.74) is 5.65. The number of nitrogens with zero attached hydrogens (tertiary/aromatic N) is 2. The van der Waals surface area contributed by atoms with E-state index in [9.17, 15) is 4.79 Å². The molecule has 4 nitrogen and oxygen atoms in total. The van der Waals surface area contributed by atoms with Gasteiger partial charge in [0.2, 0.25) is 5.91 Å². The number of likely N-dealkylation sites (tertiary alicyclic amines) is 1. The molecule has 4 heteroatoms. The van der Waals surface area contributed by atoms with E-state index in [4.69, 9.17) is 5.73 Å². The number of likely N-dealkylation sites (N-methyl/N-ethyl adjacent to an activating group) is 1. The first-order valence-electron chi connectivity index (χ1n) is 6.24. The van der Waals surface area contributed by atoms with Crippen molar-refractivity contribution >= 4 is 5.91 Å². The molecule has 94 valence electrons. The highest BCUT2D eigenvalue weighted by Gasteiger charge is 2.28. The minimum atomic E-state index is -0.0931. The molecule has 0 saturated carbocycles. The molecular weight excluding hydrogens is 202 g/mol. The molecule has 0 bridgehead atoms. The Balaban J connectivity index is 2.52. The van der Waals surface area contributed by atoms with E-state index < -0.39 is 0 Å². The molecule has 0 atom stereocenters. The molecule has 16 heavy (non-hydrogen) atoms. The maximum Gasteiger partial charge on any atom is 0.236 e. The Morgan fingerprint density at radius 3 is 2.38 bits per heavy atom. The molecule has 1 aliphatic rings. The first kappa shape index (κ1) is 13.5. The van der Waals surface area contributed by atoms with Crippen molar-refractivity contribution in [2.24, 2.45) is 5.73 Å². The highest BCUT2D eigenvalue weighted by molar-refractivity contribution is 5.78. The summed E-state index contributed by atoms with van der Waals surface area (Å²) in [4.78, 5) is 16.1. The maximum atomic E-state index is 12.0. The molecule has 1 rings (SSSR count). The SMILES string of the molecule is CCN(CC(=O)N1CCCC1)C(C)(C)CN. The quantitative estimate of drug-likeness (QED) is 0.751. The van der Waals surface area contributed by atoms with Crippen molar-refractivity contribution in [3.63, 3.8) is 0 Å². The minimum Gasteiger partial charge on any atom is -0.342 e. The Morgan fingerprint density at radius 2 is 1.94 bits per heavy atom. The number of nitrogens with two attached hydrogens (primary N) is 1. The number of hydrogen-bond acceptors (Lipinski definition) is 3. The lowest BCUT2D eigenvalue weighted by Gasteiger charge is -2.37. The van der Waals surface area contributed by atoms with Crippen LogP contribution in [-0.4, -0.2) is 54.0 Å². The van der Waals surface area contributed by atoms with Crippen LogP contribution < -0.4 is 5.73 Å². The molecule has 0 aromatic carbocycles. The number of hydrogen-bond donors (Lipinski definition) is 1. The van der Waals surface area contributed by atoms with E-state index in [1.165, 1.54) is 0 Å². The summed E-state index contributed by atoms with van der Waals surface area (Å²) in [5.74, 6) is 0.251. The lowest BCUT2D eigenvalue weighted by Crippen LogP contribution is -2.53. The highest BCUT2D eigenvalue weighted by Crippen LogP contribution is 2.14. The van der Waals surface area contributed by atoms with Crippen LogP contribution in [0, 0.1) is 0 Å². The Kier molecular flexibility index (Phi) is 4.74. The Bertz CT molecular complexity index is 234. The van der Waals surface area contributed by atoms with Crippen LogP contribution in [0.4, 0.5) is 0 Å². The molecule has 2 N–H and O–H groups in total. The largest absolute Gasteiger partial charge is 0.342 e. The second kappa shape index (κ2) is 5.64. The van der Waals surface area contributed by atoms with Gasteiger partial charge in [-0.3, -0.25) is 9.69 Å². The average molecular weight is 227 g/mol. The summed E-state index contributed by atoms with van der Waals surface area (Å²) in [6, 6.07) is 0. The van der Waals surface area contributed by atoms with Gasteiger partial charge in [-0.25, -0.2) is 0 Å². The van der Waals surface area contributed by atoms with Gasteiger partial charge < -0.3 is 10.6 Å². The van der Waals surface area contributed by atoms with E-state index >= 15 is 0 Å². The molecule has 0 spiro atoms. The molecular formula is C12H25N3O. The van der Waals surface area contributed by atoms with Crippen LogP contribution in [0.2, 0.25) is 0 Å². The van der Waals surface area contributed by atoms with Gasteiger partial charge in [0.1, 0.15) is 0 Å². The van der Waals surface area contributed by atoms with Crippen molar-refractivity contribution < 1.29 is 4.79 Å². The summed E-state index contributed by atoms with van der Waals surface area (Å²) < 4.78 is 0. The van der Waals surface area contributed by atoms with Gasteiger partial charge in [-0.05, 0) is 33.2 Å². The Hall–Kier alpha value is -0.610. The molecule has 1 saturated heterocycles. The molecule has 1 aliphatic heterocycles. The molecule has 1 fully saturated rings. The Morgan fingerprint density at radius 1 is 1.38 bits per heavy atom. The summed E-state index contributed by atoms with van der Waals surface area (Å²) in [6.07, 6.45) is 2.30. The number of amides is 1. The fourth-order valence-electron chi connectivity index (χ4n) is 2.11. The highest BCUT2D eigenvalue weighted by atomic mass is 16.2. The second-order valence-corrected chi connectivity index (χ2v) is 5.12. The summed E-state index contributed by atoms with van der Waals surface area (Å²) in [5, 5.41) is 0. The van der Waals surface area contributed by atoms with Crippen LogP contribution in [0.3, 0.4) is 0 Å². The number of rotatable bonds is 5. The second-order valence-electron chi connectivity index (χ2n) is 5.12. The van der Waals surface area contributed by atoms with E-state index in [0.717, 1.165) is 32.5 Å². The lowest BCUT2D eigenvalue weighted by molar-refractivity contribution is -0.132. The lowest BCUT2D eigenvalue weighted by atomic mass is 10.0. The van der Waals surface area contributed by atoms with Crippen molar-refractivity contribution in [1.82, 2.24) is 9.80 Å². The minimum absolute atomic E-state index is 0.0931. The topological polar surface area (TPSA) is 49.6 Å². The molecule has 0 aromatic heterocycles. The molecule has 1 amide bonds. The fraction of sp³-hybridized carbons (Fsp3) is 0.917. The van der Waals surface area contributed by atoms with Crippen LogP contribution >= 0.6 is 0 Å². The van der Waals surface area contributed by atoms with Gasteiger partial charge in [-0.15, -0.1) is 0 Å². The number of carbonyl (C=O) groups is 1. The van der Waals surface area contributed by atoms with Gasteiger partial charge in [-0.2, -0.15) is 0 Å². The van der Waals surface area contributed by atoms with Crippen molar-refractivity contribution in [3.05, 3.63) is 0 Å². The maximum absolute atomic E-state index is 12.0.